The number of fused-ring (bicyclic) bond motifs is 4. The molecule has 4 aromatic rings. The van der Waals surface area contributed by atoms with Crippen molar-refractivity contribution in [3.05, 3.63) is 40.8 Å². The van der Waals surface area contributed by atoms with Crippen LogP contribution in [0, 0.1) is 0 Å². The molecular formula is C31H41N7O4. The fraction of sp³-hybridized carbons (Fsp3) is 0.516. The molecule has 1 aliphatic carbocycles. The van der Waals surface area contributed by atoms with E-state index in [1.165, 1.54) is 0 Å². The second-order valence-corrected chi connectivity index (χ2v) is 11.3. The first kappa shape index (κ1) is 28.4. The van der Waals surface area contributed by atoms with Crippen molar-refractivity contribution in [2.75, 3.05) is 19.7 Å². The molecule has 0 amide bonds. The van der Waals surface area contributed by atoms with Gasteiger partial charge in [0.05, 0.1) is 65.7 Å². The minimum atomic E-state index is -0.558. The number of rotatable bonds is 8. The average molecular weight is 576 g/mol. The first-order valence-electron chi connectivity index (χ1n) is 15.0. The predicted molar refractivity (Wildman–Crippen MR) is 161 cm³/mol. The van der Waals surface area contributed by atoms with Gasteiger partial charge in [-0.3, -0.25) is 14.7 Å². The fourth-order valence-corrected chi connectivity index (χ4v) is 5.57. The number of hydrogen-bond acceptors (Lipinski definition) is 8. The summed E-state index contributed by atoms with van der Waals surface area (Å²) in [6.07, 6.45) is 5.92. The van der Waals surface area contributed by atoms with Crippen molar-refractivity contribution < 1.29 is 19.3 Å². The lowest BCUT2D eigenvalue weighted by atomic mass is 10.0. The van der Waals surface area contributed by atoms with Gasteiger partial charge in [0, 0.05) is 25.5 Å². The SMILES string of the molecule is CCOc1nn(C[C@H](C)O)c2c1/C=C/c1[nH]nc3ccc(cc13)-c1c(COC3CC3)nn(C)c1O[C@@H](C)CN(CC)C2. The van der Waals surface area contributed by atoms with Crippen LogP contribution in [0.25, 0.3) is 34.2 Å². The molecule has 11 nitrogen and oxygen atoms in total. The normalized spacial score (nSPS) is 19.1. The monoisotopic (exact) mass is 575 g/mol. The predicted octanol–water partition coefficient (Wildman–Crippen LogP) is 4.39. The Kier molecular flexibility index (Phi) is 8.06. The van der Waals surface area contributed by atoms with Gasteiger partial charge in [0.1, 0.15) is 6.10 Å². The number of nitrogens with zero attached hydrogens (tertiary/aromatic N) is 6. The number of aromatic amines is 1. The molecule has 42 heavy (non-hydrogen) atoms. The zero-order chi connectivity index (χ0) is 29.4. The molecule has 4 heterocycles. The highest BCUT2D eigenvalue weighted by Gasteiger charge is 2.28. The molecule has 11 heteroatoms. The van der Waals surface area contributed by atoms with Crippen LogP contribution in [0.3, 0.4) is 0 Å². The van der Waals surface area contributed by atoms with Gasteiger partial charge in [-0.2, -0.15) is 10.2 Å². The van der Waals surface area contributed by atoms with Crippen LogP contribution in [-0.2, 0) is 31.5 Å². The van der Waals surface area contributed by atoms with Crippen LogP contribution >= 0.6 is 0 Å². The number of ether oxygens (including phenoxy) is 3. The molecular weight excluding hydrogens is 534 g/mol. The number of likely N-dealkylation sites (N-methyl/N-ethyl adjacent to an activating group) is 1. The largest absolute Gasteiger partial charge is 0.476 e. The quantitative estimate of drug-likeness (QED) is 0.318. The van der Waals surface area contributed by atoms with Crippen LogP contribution < -0.4 is 9.47 Å². The highest BCUT2D eigenvalue weighted by molar-refractivity contribution is 5.93. The van der Waals surface area contributed by atoms with Gasteiger partial charge in [-0.25, -0.2) is 4.68 Å². The molecule has 0 unspecified atom stereocenters. The second kappa shape index (κ2) is 11.9. The number of nitrogens with one attached hydrogen (secondary N) is 1. The first-order chi connectivity index (χ1) is 20.3. The molecule has 2 N–H and O–H groups in total. The number of aryl methyl sites for hydroxylation is 1. The van der Waals surface area contributed by atoms with Gasteiger partial charge < -0.3 is 19.3 Å². The lowest BCUT2D eigenvalue weighted by Gasteiger charge is -2.26. The number of hydrogen-bond donors (Lipinski definition) is 2. The lowest BCUT2D eigenvalue weighted by Crippen LogP contribution is -2.35. The van der Waals surface area contributed by atoms with Gasteiger partial charge in [-0.05, 0) is 70.0 Å². The average Bonchev–Trinajstić information content (AvgIpc) is 3.53. The molecule has 6 rings (SSSR count). The highest BCUT2D eigenvalue weighted by Crippen LogP contribution is 2.38. The van der Waals surface area contributed by atoms with Crippen molar-refractivity contribution in [3.63, 3.8) is 0 Å². The maximum Gasteiger partial charge on any atom is 0.240 e. The summed E-state index contributed by atoms with van der Waals surface area (Å²) in [4.78, 5) is 2.33. The second-order valence-electron chi connectivity index (χ2n) is 11.3. The van der Waals surface area contributed by atoms with E-state index in [4.69, 9.17) is 24.4 Å². The molecule has 2 atom stereocenters. The van der Waals surface area contributed by atoms with Crippen LogP contribution in [0.2, 0.25) is 0 Å². The molecule has 2 bridgehead atoms. The van der Waals surface area contributed by atoms with E-state index in [0.717, 1.165) is 69.9 Å². The number of aliphatic hydroxyl groups is 1. The third kappa shape index (κ3) is 5.81. The zero-order valence-corrected chi connectivity index (χ0v) is 25.1. The van der Waals surface area contributed by atoms with Crippen LogP contribution in [0.15, 0.2) is 18.2 Å². The van der Waals surface area contributed by atoms with Crippen LogP contribution in [0.1, 0.15) is 63.2 Å². The molecule has 1 saturated carbocycles. The number of aromatic nitrogens is 6. The Labute approximate surface area is 246 Å². The van der Waals surface area contributed by atoms with E-state index >= 15 is 0 Å². The van der Waals surface area contributed by atoms with Crippen molar-refractivity contribution in [2.24, 2.45) is 7.05 Å². The summed E-state index contributed by atoms with van der Waals surface area (Å²) in [7, 11) is 1.93. The van der Waals surface area contributed by atoms with Crippen LogP contribution in [-0.4, -0.2) is 77.8 Å². The first-order valence-corrected chi connectivity index (χ1v) is 15.0. The molecule has 2 aliphatic rings. The van der Waals surface area contributed by atoms with E-state index in [9.17, 15) is 5.11 Å². The molecule has 1 aliphatic heterocycles. The Morgan fingerprint density at radius 3 is 2.76 bits per heavy atom. The summed E-state index contributed by atoms with van der Waals surface area (Å²) in [5.41, 5.74) is 6.44. The summed E-state index contributed by atoms with van der Waals surface area (Å²) in [6, 6.07) is 6.25. The maximum absolute atomic E-state index is 10.3. The van der Waals surface area contributed by atoms with Gasteiger partial charge in [-0.15, -0.1) is 5.10 Å². The van der Waals surface area contributed by atoms with E-state index in [-0.39, 0.29) is 6.10 Å². The van der Waals surface area contributed by atoms with Gasteiger partial charge >= 0.3 is 0 Å². The topological polar surface area (TPSA) is 115 Å². The number of H-pyrrole nitrogens is 1. The van der Waals surface area contributed by atoms with E-state index in [2.05, 4.69) is 41.1 Å². The minimum absolute atomic E-state index is 0.131. The van der Waals surface area contributed by atoms with Gasteiger partial charge in [-0.1, -0.05) is 13.0 Å². The van der Waals surface area contributed by atoms with E-state index in [1.54, 1.807) is 6.92 Å². The Morgan fingerprint density at radius 1 is 1.19 bits per heavy atom. The van der Waals surface area contributed by atoms with Crippen LogP contribution in [0.5, 0.6) is 11.8 Å². The van der Waals surface area contributed by atoms with E-state index in [1.807, 2.05) is 41.6 Å². The number of aliphatic hydroxyl groups excluding tert-OH is 1. The molecule has 1 aromatic carbocycles. The van der Waals surface area contributed by atoms with Crippen molar-refractivity contribution in [3.8, 4) is 22.9 Å². The summed E-state index contributed by atoms with van der Waals surface area (Å²) < 4.78 is 22.5. The molecule has 1 fully saturated rings. The Hall–Kier alpha value is -3.67. The highest BCUT2D eigenvalue weighted by atomic mass is 16.5. The molecule has 3 aromatic heterocycles. The summed E-state index contributed by atoms with van der Waals surface area (Å²) >= 11 is 0. The molecule has 0 saturated heterocycles. The van der Waals surface area contributed by atoms with Crippen molar-refractivity contribution in [1.82, 2.24) is 34.7 Å². The van der Waals surface area contributed by atoms with Crippen molar-refractivity contribution in [1.29, 1.82) is 0 Å². The molecule has 0 radical (unpaired) electrons. The lowest BCUT2D eigenvalue weighted by molar-refractivity contribution is 0.103. The van der Waals surface area contributed by atoms with Crippen LogP contribution in [0.4, 0.5) is 0 Å². The summed E-state index contributed by atoms with van der Waals surface area (Å²) in [5.74, 6) is 1.28. The fourth-order valence-electron chi connectivity index (χ4n) is 5.57. The smallest absolute Gasteiger partial charge is 0.240 e. The van der Waals surface area contributed by atoms with E-state index in [0.29, 0.717) is 44.8 Å². The molecule has 224 valence electrons. The third-order valence-electron chi connectivity index (χ3n) is 7.77. The van der Waals surface area contributed by atoms with Crippen molar-refractivity contribution in [2.45, 2.75) is 78.5 Å². The summed E-state index contributed by atoms with van der Waals surface area (Å²) in [6.45, 7) is 11.4. The standard InChI is InChI=1S/C31H41N7O4/c1-6-37-16-20(4)42-31-29(27(34-36(31)5)18-41-22-9-10-22)21-8-12-25-24(14-21)26(33-32-25)13-11-23-28(17-37)38(15-19(3)39)35-30(23)40-7-2/h8,11-14,19-20,22,39H,6-7,9-10,15-18H2,1-5H3,(H,32,33)/b13-11+/t19-,20-/m0/s1. The maximum atomic E-state index is 10.3. The summed E-state index contributed by atoms with van der Waals surface area (Å²) in [5, 5.41) is 28.7. The zero-order valence-electron chi connectivity index (χ0n) is 25.1. The van der Waals surface area contributed by atoms with Gasteiger partial charge in [0.2, 0.25) is 11.8 Å². The molecule has 0 spiro atoms. The third-order valence-corrected chi connectivity index (χ3v) is 7.77. The van der Waals surface area contributed by atoms with E-state index < -0.39 is 6.10 Å². The van der Waals surface area contributed by atoms with Gasteiger partial charge in [0.25, 0.3) is 0 Å². The minimum Gasteiger partial charge on any atom is -0.476 e. The Bertz CT molecular complexity index is 1580. The Morgan fingerprint density at radius 2 is 2.02 bits per heavy atom. The Balaban J connectivity index is 1.51. The van der Waals surface area contributed by atoms with Gasteiger partial charge in [0.15, 0.2) is 0 Å². The number of benzene rings is 1. The van der Waals surface area contributed by atoms with Crippen molar-refractivity contribution >= 4 is 23.1 Å².